The Morgan fingerprint density at radius 2 is 1.70 bits per heavy atom. The summed E-state index contributed by atoms with van der Waals surface area (Å²) in [5, 5.41) is 0. The zero-order valence-electron chi connectivity index (χ0n) is 14.4. The third kappa shape index (κ3) is 6.43. The van der Waals surface area contributed by atoms with E-state index in [1.54, 1.807) is 0 Å². The lowest BCUT2D eigenvalue weighted by Gasteiger charge is -2.20. The topological polar surface area (TPSA) is 27.3 Å². The van der Waals surface area contributed by atoms with E-state index in [0.717, 1.165) is 25.3 Å². The summed E-state index contributed by atoms with van der Waals surface area (Å²) in [6.45, 7) is 8.63. The van der Waals surface area contributed by atoms with Gasteiger partial charge in [0.25, 0.3) is 0 Å². The van der Waals surface area contributed by atoms with Gasteiger partial charge in [0, 0.05) is 18.8 Å². The summed E-state index contributed by atoms with van der Waals surface area (Å²) in [6, 6.07) is 19.0. The van der Waals surface area contributed by atoms with Gasteiger partial charge in [0.1, 0.15) is 0 Å². The third-order valence-electron chi connectivity index (χ3n) is 3.97. The van der Waals surface area contributed by atoms with Crippen molar-refractivity contribution in [3.05, 3.63) is 65.7 Å². The van der Waals surface area contributed by atoms with Gasteiger partial charge >= 0.3 is 0 Å². The Labute approximate surface area is 140 Å². The van der Waals surface area contributed by atoms with Crippen LogP contribution in [0.1, 0.15) is 37.8 Å². The van der Waals surface area contributed by atoms with Crippen molar-refractivity contribution in [3.63, 3.8) is 0 Å². The molecule has 0 atom stereocenters. The minimum atomic E-state index is 0.809. The first-order valence-electron chi connectivity index (χ1n) is 8.66. The van der Waals surface area contributed by atoms with Crippen LogP contribution in [0.25, 0.3) is 0 Å². The van der Waals surface area contributed by atoms with E-state index in [1.807, 2.05) is 18.2 Å². The number of benzene rings is 2. The Balaban J connectivity index is 1.84. The summed E-state index contributed by atoms with van der Waals surface area (Å²) in [7, 11) is 0. The van der Waals surface area contributed by atoms with E-state index in [4.69, 9.17) is 0 Å². The normalized spacial score (nSPS) is 10.9. The Hall–Kier alpha value is -1.84. The highest BCUT2D eigenvalue weighted by molar-refractivity contribution is 5.41. The van der Waals surface area contributed by atoms with E-state index >= 15 is 0 Å². The summed E-state index contributed by atoms with van der Waals surface area (Å²) in [5.74, 6) is 0. The molecule has 2 N–H and O–H groups in total. The van der Waals surface area contributed by atoms with Crippen LogP contribution in [-0.4, -0.2) is 18.0 Å². The van der Waals surface area contributed by atoms with Crippen molar-refractivity contribution in [1.29, 1.82) is 0 Å². The van der Waals surface area contributed by atoms with Crippen LogP contribution in [0, 0.1) is 0 Å². The number of anilines is 1. The summed E-state index contributed by atoms with van der Waals surface area (Å²) in [5.41, 5.74) is 10.3. The first-order chi connectivity index (χ1) is 11.3. The van der Waals surface area contributed by atoms with E-state index < -0.39 is 0 Å². The van der Waals surface area contributed by atoms with Crippen molar-refractivity contribution >= 4 is 5.69 Å². The molecular weight excluding hydrogens is 282 g/mol. The predicted octanol–water partition coefficient (Wildman–Crippen LogP) is 4.43. The lowest BCUT2D eigenvalue weighted by Crippen LogP contribution is -2.24. The number of nitrogens with zero attached hydrogens (tertiary/aromatic N) is 1. The van der Waals surface area contributed by atoms with Gasteiger partial charge in [0.15, 0.2) is 0 Å². The molecule has 0 aliphatic rings. The van der Waals surface area contributed by atoms with Gasteiger partial charge in [-0.15, -0.1) is 0 Å². The number of hydrazine groups is 1. The maximum atomic E-state index is 3.28. The average molecular weight is 311 g/mol. The molecule has 23 heavy (non-hydrogen) atoms. The van der Waals surface area contributed by atoms with Crippen molar-refractivity contribution in [2.45, 2.75) is 39.8 Å². The van der Waals surface area contributed by atoms with Gasteiger partial charge in [0.05, 0.1) is 0 Å². The van der Waals surface area contributed by atoms with E-state index in [9.17, 15) is 0 Å². The Morgan fingerprint density at radius 3 is 2.43 bits per heavy atom. The van der Waals surface area contributed by atoms with Crippen LogP contribution in [0.3, 0.4) is 0 Å². The van der Waals surface area contributed by atoms with Crippen LogP contribution >= 0.6 is 0 Å². The lowest BCUT2D eigenvalue weighted by atomic mass is 10.1. The Morgan fingerprint density at radius 1 is 0.913 bits per heavy atom. The second-order valence-corrected chi connectivity index (χ2v) is 5.89. The zero-order chi connectivity index (χ0) is 16.3. The van der Waals surface area contributed by atoms with E-state index in [1.165, 1.54) is 30.5 Å². The van der Waals surface area contributed by atoms with Crippen molar-refractivity contribution in [2.24, 2.45) is 0 Å². The molecule has 0 saturated carbocycles. The van der Waals surface area contributed by atoms with Gasteiger partial charge in [-0.3, -0.25) is 4.90 Å². The SMILES string of the molecule is CCCCN(CC)Cc1cccc(CNNc2ccccc2)c1. The molecule has 124 valence electrons. The molecule has 0 heterocycles. The summed E-state index contributed by atoms with van der Waals surface area (Å²) in [4.78, 5) is 2.51. The van der Waals surface area contributed by atoms with Gasteiger partial charge in [-0.25, -0.2) is 5.43 Å². The van der Waals surface area contributed by atoms with Crippen molar-refractivity contribution in [1.82, 2.24) is 10.3 Å². The Bertz CT molecular complexity index is 554. The Kier molecular flexibility index (Phi) is 7.64. The standard InChI is InChI=1S/C20H29N3/c1-3-5-14-23(4-2)17-19-11-9-10-18(15-19)16-21-22-20-12-7-6-8-13-20/h6-13,15,21-22H,3-5,14,16-17H2,1-2H3. The van der Waals surface area contributed by atoms with Crippen molar-refractivity contribution < 1.29 is 0 Å². The molecule has 0 fully saturated rings. The van der Waals surface area contributed by atoms with E-state index in [0.29, 0.717) is 0 Å². The number of hydrogen-bond acceptors (Lipinski definition) is 3. The summed E-state index contributed by atoms with van der Waals surface area (Å²) < 4.78 is 0. The first kappa shape index (κ1) is 17.5. The van der Waals surface area contributed by atoms with E-state index in [2.05, 4.69) is 66.0 Å². The van der Waals surface area contributed by atoms with Crippen LogP contribution in [0.5, 0.6) is 0 Å². The van der Waals surface area contributed by atoms with Crippen LogP contribution in [0.4, 0.5) is 5.69 Å². The monoisotopic (exact) mass is 311 g/mol. The molecule has 2 aromatic carbocycles. The number of rotatable bonds is 10. The molecule has 0 amide bonds. The van der Waals surface area contributed by atoms with Gasteiger partial charge in [-0.1, -0.05) is 62.7 Å². The number of para-hydroxylation sites is 1. The molecule has 0 aliphatic carbocycles. The highest BCUT2D eigenvalue weighted by atomic mass is 15.3. The fourth-order valence-corrected chi connectivity index (χ4v) is 2.60. The summed E-state index contributed by atoms with van der Waals surface area (Å²) >= 11 is 0. The maximum Gasteiger partial charge on any atom is 0.0487 e. The van der Waals surface area contributed by atoms with Crippen LogP contribution in [-0.2, 0) is 13.1 Å². The molecule has 0 unspecified atom stereocenters. The van der Waals surface area contributed by atoms with Crippen LogP contribution in [0.15, 0.2) is 54.6 Å². The molecule has 2 rings (SSSR count). The molecule has 0 aromatic heterocycles. The third-order valence-corrected chi connectivity index (χ3v) is 3.97. The molecule has 0 spiro atoms. The lowest BCUT2D eigenvalue weighted by molar-refractivity contribution is 0.275. The summed E-state index contributed by atoms with van der Waals surface area (Å²) in [6.07, 6.45) is 2.53. The molecule has 0 radical (unpaired) electrons. The fourth-order valence-electron chi connectivity index (χ4n) is 2.60. The minimum absolute atomic E-state index is 0.809. The highest BCUT2D eigenvalue weighted by Gasteiger charge is 2.04. The smallest absolute Gasteiger partial charge is 0.0487 e. The second kappa shape index (κ2) is 10.0. The van der Waals surface area contributed by atoms with Gasteiger partial charge in [-0.05, 0) is 42.8 Å². The highest BCUT2D eigenvalue weighted by Crippen LogP contribution is 2.10. The molecule has 2 aromatic rings. The van der Waals surface area contributed by atoms with Crippen LogP contribution in [0.2, 0.25) is 0 Å². The molecule has 3 heteroatoms. The zero-order valence-corrected chi connectivity index (χ0v) is 14.4. The van der Waals surface area contributed by atoms with Gasteiger partial charge in [-0.2, -0.15) is 0 Å². The number of unbranched alkanes of at least 4 members (excludes halogenated alkanes) is 1. The number of nitrogens with one attached hydrogen (secondary N) is 2. The fraction of sp³-hybridized carbons (Fsp3) is 0.400. The molecule has 0 aliphatic heterocycles. The van der Waals surface area contributed by atoms with Crippen LogP contribution < -0.4 is 10.9 Å². The van der Waals surface area contributed by atoms with Crippen molar-refractivity contribution in [2.75, 3.05) is 18.5 Å². The average Bonchev–Trinajstić information content (AvgIpc) is 2.60. The van der Waals surface area contributed by atoms with Crippen molar-refractivity contribution in [3.8, 4) is 0 Å². The maximum absolute atomic E-state index is 3.28. The minimum Gasteiger partial charge on any atom is -0.321 e. The molecular formula is C20H29N3. The molecule has 3 nitrogen and oxygen atoms in total. The quantitative estimate of drug-likeness (QED) is 0.636. The largest absolute Gasteiger partial charge is 0.321 e. The second-order valence-electron chi connectivity index (χ2n) is 5.89. The van der Waals surface area contributed by atoms with E-state index in [-0.39, 0.29) is 0 Å². The van der Waals surface area contributed by atoms with Gasteiger partial charge in [0.2, 0.25) is 0 Å². The first-order valence-corrected chi connectivity index (χ1v) is 8.66. The number of hydrogen-bond donors (Lipinski definition) is 2. The molecule has 0 saturated heterocycles. The molecule has 0 bridgehead atoms. The predicted molar refractivity (Wildman–Crippen MR) is 99.2 cm³/mol. The van der Waals surface area contributed by atoms with Gasteiger partial charge < -0.3 is 5.43 Å².